The van der Waals surface area contributed by atoms with E-state index in [0.29, 0.717) is 0 Å². The summed E-state index contributed by atoms with van der Waals surface area (Å²) in [5.41, 5.74) is -1.79. The van der Waals surface area contributed by atoms with Gasteiger partial charge < -0.3 is 29.7 Å². The Labute approximate surface area is 376 Å². The van der Waals surface area contributed by atoms with Crippen LogP contribution in [0.2, 0.25) is 0 Å². The molecule has 0 N–H and O–H groups in total. The molecule has 0 aromatic carbocycles. The van der Waals surface area contributed by atoms with Crippen LogP contribution in [0.15, 0.2) is 0 Å². The molecular formula is C48H93NdO6. The molecule has 3 unspecified atom stereocenters. The second-order valence-corrected chi connectivity index (χ2v) is 17.6. The van der Waals surface area contributed by atoms with E-state index in [9.17, 15) is 29.7 Å². The number of carboxylic acid groups (broad SMARTS) is 3. The number of unbranched alkanes of at least 4 members (excludes halogenated alkanes) is 15. The number of carbonyl (C=O) groups is 3. The zero-order valence-corrected chi connectivity index (χ0v) is 42.0. The van der Waals surface area contributed by atoms with Gasteiger partial charge in [0.05, 0.1) is 0 Å². The van der Waals surface area contributed by atoms with Crippen LogP contribution in [-0.4, -0.2) is 17.9 Å². The number of rotatable bonds is 33. The Kier molecular flexibility index (Phi) is 42.4. The summed E-state index contributed by atoms with van der Waals surface area (Å²) in [4.78, 5) is 34.5. The van der Waals surface area contributed by atoms with E-state index >= 15 is 0 Å². The van der Waals surface area contributed by atoms with E-state index in [1.165, 1.54) is 77.0 Å². The van der Waals surface area contributed by atoms with Crippen molar-refractivity contribution in [2.75, 3.05) is 0 Å². The van der Waals surface area contributed by atoms with Crippen molar-refractivity contribution >= 4 is 17.9 Å². The fraction of sp³-hybridized carbons (Fsp3) is 0.938. The first-order valence-electron chi connectivity index (χ1n) is 23.2. The average Bonchev–Trinajstić information content (AvgIpc) is 3.11. The van der Waals surface area contributed by atoms with Crippen LogP contribution in [0.5, 0.6) is 0 Å². The van der Waals surface area contributed by atoms with Crippen LogP contribution in [0.3, 0.4) is 0 Å². The molecule has 0 aliphatic carbocycles. The summed E-state index contributed by atoms with van der Waals surface area (Å²) in [6, 6.07) is 0. The van der Waals surface area contributed by atoms with Crippen molar-refractivity contribution in [1.82, 2.24) is 0 Å². The van der Waals surface area contributed by atoms with Crippen LogP contribution in [0.1, 0.15) is 256 Å². The van der Waals surface area contributed by atoms with Gasteiger partial charge in [0, 0.05) is 34.2 Å². The Morgan fingerprint density at radius 3 is 0.655 bits per heavy atom. The Bertz CT molecular complexity index is 791. The van der Waals surface area contributed by atoms with Gasteiger partial charge in [0.1, 0.15) is 0 Å². The third-order valence-electron chi connectivity index (χ3n) is 12.6. The van der Waals surface area contributed by atoms with Gasteiger partial charge in [0.25, 0.3) is 0 Å². The Morgan fingerprint density at radius 1 is 0.327 bits per heavy atom. The maximum absolute atomic E-state index is 11.5. The molecule has 0 aromatic heterocycles. The van der Waals surface area contributed by atoms with E-state index in [0.717, 1.165) is 96.3 Å². The van der Waals surface area contributed by atoms with Crippen LogP contribution < -0.4 is 15.3 Å². The predicted molar refractivity (Wildman–Crippen MR) is 226 cm³/mol. The quantitative estimate of drug-likeness (QED) is 0.0605. The predicted octanol–water partition coefficient (Wildman–Crippen LogP) is 11.8. The van der Waals surface area contributed by atoms with E-state index in [1.54, 1.807) is 0 Å². The summed E-state index contributed by atoms with van der Waals surface area (Å²) < 4.78 is 0. The third-order valence-corrected chi connectivity index (χ3v) is 12.6. The van der Waals surface area contributed by atoms with E-state index in [2.05, 4.69) is 41.5 Å². The third kappa shape index (κ3) is 25.8. The Balaban J connectivity index is -0.000000351. The first kappa shape index (κ1) is 61.4. The molecule has 0 aliphatic heterocycles. The molecule has 0 saturated heterocycles. The van der Waals surface area contributed by atoms with Crippen LogP contribution in [-0.2, 0) is 14.4 Å². The fourth-order valence-electron chi connectivity index (χ4n) is 8.43. The van der Waals surface area contributed by atoms with Gasteiger partial charge in [0.2, 0.25) is 0 Å². The van der Waals surface area contributed by atoms with Crippen molar-refractivity contribution < 1.29 is 70.5 Å². The molecule has 325 valence electrons. The minimum Gasteiger partial charge on any atom is -0.550 e. The molecule has 0 spiro atoms. The summed E-state index contributed by atoms with van der Waals surface area (Å²) in [7, 11) is 0. The van der Waals surface area contributed by atoms with E-state index in [-0.39, 0.29) is 58.6 Å². The molecule has 6 nitrogen and oxygen atoms in total. The van der Waals surface area contributed by atoms with Gasteiger partial charge in [-0.1, -0.05) is 218 Å². The summed E-state index contributed by atoms with van der Waals surface area (Å²) in [6.07, 6.45) is 29.1. The molecular weight excluding hydrogens is 817 g/mol. The molecule has 0 heterocycles. The van der Waals surface area contributed by atoms with Crippen molar-refractivity contribution in [3.8, 4) is 0 Å². The molecule has 55 heavy (non-hydrogen) atoms. The van der Waals surface area contributed by atoms with Gasteiger partial charge in [-0.05, 0) is 56.3 Å². The molecule has 0 rings (SSSR count). The van der Waals surface area contributed by atoms with E-state index < -0.39 is 34.2 Å². The van der Waals surface area contributed by atoms with Gasteiger partial charge in [0.15, 0.2) is 0 Å². The molecule has 0 fully saturated rings. The summed E-state index contributed by atoms with van der Waals surface area (Å²) in [5, 5.41) is 34.5. The maximum atomic E-state index is 11.5. The topological polar surface area (TPSA) is 120 Å². The molecule has 0 amide bonds. The van der Waals surface area contributed by atoms with Crippen molar-refractivity contribution in [1.29, 1.82) is 0 Å². The van der Waals surface area contributed by atoms with E-state index in [4.69, 9.17) is 0 Å². The number of hydrogen-bond acceptors (Lipinski definition) is 6. The smallest absolute Gasteiger partial charge is 0.550 e. The van der Waals surface area contributed by atoms with Crippen LogP contribution in [0, 0.1) is 74.8 Å². The molecule has 3 atom stereocenters. The Hall–Kier alpha value is -0.239. The van der Waals surface area contributed by atoms with E-state index in [1.807, 2.05) is 41.5 Å². The number of carbonyl (C=O) groups excluding carboxylic acids is 3. The minimum atomic E-state index is -0.840. The SMILES string of the molecule is CCCCCCCCC(CCC)(C(=O)[O-])C(C)C.CCCCCCCCC(CCC)(C(=O)[O-])C(C)C.CCCCCCCCC(CCC)(C(=O)[O-])C(C)C.[Nd+3]. The number of carboxylic acids is 3. The number of hydrogen-bond donors (Lipinski definition) is 0. The first-order chi connectivity index (χ1) is 25.5. The standard InChI is InChI=1S/3C16H32O2.Nd/c3*1-5-7-8-9-10-11-13-16(12-6-2,14(3)4)15(17)18;/h3*14H,5-13H2,1-4H3,(H,17,18);/q;;;+3/p-3. The summed E-state index contributed by atoms with van der Waals surface area (Å²) in [6.45, 7) is 24.9. The Morgan fingerprint density at radius 2 is 0.509 bits per heavy atom. The van der Waals surface area contributed by atoms with Gasteiger partial charge >= 0.3 is 40.8 Å². The zero-order valence-electron chi connectivity index (χ0n) is 38.8. The molecule has 1 radical (unpaired) electrons. The molecule has 0 bridgehead atoms. The van der Waals surface area contributed by atoms with Gasteiger partial charge in [-0.15, -0.1) is 0 Å². The summed E-state index contributed by atoms with van der Waals surface area (Å²) in [5.74, 6) is -2.03. The van der Waals surface area contributed by atoms with Crippen molar-refractivity contribution in [3.63, 3.8) is 0 Å². The van der Waals surface area contributed by atoms with Crippen molar-refractivity contribution in [2.24, 2.45) is 34.0 Å². The molecule has 7 heteroatoms. The largest absolute Gasteiger partial charge is 3.00 e. The van der Waals surface area contributed by atoms with Crippen molar-refractivity contribution in [3.05, 3.63) is 0 Å². The van der Waals surface area contributed by atoms with Crippen LogP contribution in [0.4, 0.5) is 0 Å². The van der Waals surface area contributed by atoms with Gasteiger partial charge in [-0.25, -0.2) is 0 Å². The fourth-order valence-corrected chi connectivity index (χ4v) is 8.43. The maximum Gasteiger partial charge on any atom is 3.00 e. The van der Waals surface area contributed by atoms with Crippen LogP contribution >= 0.6 is 0 Å². The monoisotopic (exact) mass is 908 g/mol. The molecule has 0 aliphatic rings. The van der Waals surface area contributed by atoms with Gasteiger partial charge in [-0.2, -0.15) is 0 Å². The first-order valence-corrected chi connectivity index (χ1v) is 23.2. The minimum absolute atomic E-state index is 0. The molecule has 0 saturated carbocycles. The second kappa shape index (κ2) is 38.0. The van der Waals surface area contributed by atoms with Crippen LogP contribution in [0.25, 0.3) is 0 Å². The van der Waals surface area contributed by atoms with Crippen molar-refractivity contribution in [2.45, 2.75) is 256 Å². The number of aliphatic carboxylic acids is 3. The average molecular weight is 911 g/mol. The zero-order chi connectivity index (χ0) is 42.1. The molecule has 0 aromatic rings. The summed E-state index contributed by atoms with van der Waals surface area (Å²) >= 11 is 0. The normalized spacial score (nSPS) is 14.5. The van der Waals surface area contributed by atoms with Gasteiger partial charge in [-0.3, -0.25) is 0 Å². The second-order valence-electron chi connectivity index (χ2n) is 17.6.